The van der Waals surface area contributed by atoms with Gasteiger partial charge in [-0.3, -0.25) is 14.6 Å². The number of pyridine rings is 1. The summed E-state index contributed by atoms with van der Waals surface area (Å²) >= 11 is 0. The van der Waals surface area contributed by atoms with Crippen LogP contribution in [0.4, 0.5) is 5.69 Å². The molecule has 0 spiro atoms. The fraction of sp³-hybridized carbons (Fsp3) is 0.263. The van der Waals surface area contributed by atoms with Crippen LogP contribution in [0, 0.1) is 0 Å². The van der Waals surface area contributed by atoms with E-state index in [0.717, 1.165) is 11.3 Å². The van der Waals surface area contributed by atoms with Gasteiger partial charge in [0.25, 0.3) is 0 Å². The van der Waals surface area contributed by atoms with Gasteiger partial charge < -0.3 is 9.64 Å². The number of ether oxygens (including phenoxy) is 1. The van der Waals surface area contributed by atoms with E-state index in [0.29, 0.717) is 24.1 Å². The van der Waals surface area contributed by atoms with E-state index in [1.165, 1.54) is 13.1 Å². The molecular weight excluding hydrogens is 320 g/mol. The number of fused-ring (bicyclic) bond motifs is 1. The molecule has 25 heavy (non-hydrogen) atoms. The number of ketones is 1. The van der Waals surface area contributed by atoms with E-state index in [1.807, 2.05) is 0 Å². The summed E-state index contributed by atoms with van der Waals surface area (Å²) in [7, 11) is 0. The Labute approximate surface area is 145 Å². The van der Waals surface area contributed by atoms with E-state index in [-0.39, 0.29) is 11.7 Å². The summed E-state index contributed by atoms with van der Waals surface area (Å²) in [6.45, 7) is 3.69. The molecule has 1 aliphatic heterocycles. The van der Waals surface area contributed by atoms with Crippen LogP contribution in [0.5, 0.6) is 0 Å². The minimum absolute atomic E-state index is 0.0170. The van der Waals surface area contributed by atoms with E-state index in [4.69, 9.17) is 4.74 Å². The Morgan fingerprint density at radius 2 is 2.00 bits per heavy atom. The number of Topliss-reactive ketones (excluding diaryl/α,β-unsaturated/α-hetero) is 1. The first-order chi connectivity index (χ1) is 12.0. The summed E-state index contributed by atoms with van der Waals surface area (Å²) in [4.78, 5) is 41.7. The first kappa shape index (κ1) is 16.8. The first-order valence-electron chi connectivity index (χ1n) is 8.03. The van der Waals surface area contributed by atoms with Gasteiger partial charge in [-0.1, -0.05) is 0 Å². The van der Waals surface area contributed by atoms with Crippen LogP contribution in [0.25, 0.3) is 0 Å². The molecule has 0 saturated heterocycles. The zero-order valence-corrected chi connectivity index (χ0v) is 14.1. The van der Waals surface area contributed by atoms with E-state index in [1.54, 1.807) is 48.4 Å². The number of anilines is 1. The maximum atomic E-state index is 12.6. The third kappa shape index (κ3) is 3.42. The number of nitrogens with zero attached hydrogens (tertiary/aromatic N) is 2. The molecule has 1 aliphatic rings. The minimum atomic E-state index is -0.906. The van der Waals surface area contributed by atoms with Crippen LogP contribution in [-0.2, 0) is 16.0 Å². The average Bonchev–Trinajstić information content (AvgIpc) is 3.05. The standard InChI is InChI=1S/C19H18N2O4/c1-12(25-19(24)16-4-3-8-20-11-16)18(23)15-5-6-17-14(10-15)7-9-21(17)13(2)22/h3-6,8,10-12H,7,9H2,1-2H3. The predicted molar refractivity (Wildman–Crippen MR) is 91.6 cm³/mol. The van der Waals surface area contributed by atoms with E-state index in [2.05, 4.69) is 4.98 Å². The van der Waals surface area contributed by atoms with Crippen molar-refractivity contribution < 1.29 is 19.1 Å². The summed E-state index contributed by atoms with van der Waals surface area (Å²) in [5, 5.41) is 0. The van der Waals surface area contributed by atoms with Gasteiger partial charge in [-0.15, -0.1) is 0 Å². The second kappa shape index (κ2) is 6.84. The Balaban J connectivity index is 1.73. The number of esters is 1. The number of rotatable bonds is 4. The zero-order valence-electron chi connectivity index (χ0n) is 14.1. The monoisotopic (exact) mass is 338 g/mol. The van der Waals surface area contributed by atoms with Gasteiger partial charge in [0, 0.05) is 37.1 Å². The Morgan fingerprint density at radius 3 is 2.68 bits per heavy atom. The first-order valence-corrected chi connectivity index (χ1v) is 8.03. The van der Waals surface area contributed by atoms with Gasteiger partial charge in [-0.25, -0.2) is 4.79 Å². The maximum Gasteiger partial charge on any atom is 0.340 e. The fourth-order valence-corrected chi connectivity index (χ4v) is 2.88. The van der Waals surface area contributed by atoms with Crippen LogP contribution in [0.1, 0.15) is 40.1 Å². The van der Waals surface area contributed by atoms with Crippen molar-refractivity contribution in [1.29, 1.82) is 0 Å². The molecule has 128 valence electrons. The Morgan fingerprint density at radius 1 is 1.20 bits per heavy atom. The Kier molecular flexibility index (Phi) is 4.61. The second-order valence-corrected chi connectivity index (χ2v) is 5.92. The number of carbonyl (C=O) groups is 3. The van der Waals surface area contributed by atoms with Gasteiger partial charge in [0.1, 0.15) is 0 Å². The lowest BCUT2D eigenvalue weighted by Gasteiger charge is -2.16. The normalized spacial score (nSPS) is 13.9. The summed E-state index contributed by atoms with van der Waals surface area (Å²) in [6, 6.07) is 8.42. The number of benzene rings is 1. The third-order valence-corrected chi connectivity index (χ3v) is 4.19. The molecule has 1 amide bonds. The highest BCUT2D eigenvalue weighted by atomic mass is 16.5. The van der Waals surface area contributed by atoms with Gasteiger partial charge in [-0.2, -0.15) is 0 Å². The number of amides is 1. The van der Waals surface area contributed by atoms with Crippen LogP contribution in [0.3, 0.4) is 0 Å². The van der Waals surface area contributed by atoms with Crippen molar-refractivity contribution in [2.45, 2.75) is 26.4 Å². The molecule has 6 heteroatoms. The summed E-state index contributed by atoms with van der Waals surface area (Å²) in [5.41, 5.74) is 2.56. The quantitative estimate of drug-likeness (QED) is 0.632. The molecule has 1 aromatic carbocycles. The third-order valence-electron chi connectivity index (χ3n) is 4.19. The van der Waals surface area contributed by atoms with Gasteiger partial charge >= 0.3 is 5.97 Å². The fourth-order valence-electron chi connectivity index (χ4n) is 2.88. The molecule has 1 unspecified atom stereocenters. The molecule has 2 aromatic rings. The highest BCUT2D eigenvalue weighted by Gasteiger charge is 2.25. The lowest BCUT2D eigenvalue weighted by atomic mass is 10.0. The van der Waals surface area contributed by atoms with Gasteiger partial charge in [0.05, 0.1) is 5.56 Å². The van der Waals surface area contributed by atoms with Crippen molar-refractivity contribution >= 4 is 23.3 Å². The number of carbonyl (C=O) groups excluding carboxylic acids is 3. The van der Waals surface area contributed by atoms with E-state index >= 15 is 0 Å². The van der Waals surface area contributed by atoms with E-state index < -0.39 is 12.1 Å². The second-order valence-electron chi connectivity index (χ2n) is 5.92. The van der Waals surface area contributed by atoms with Crippen LogP contribution < -0.4 is 4.90 Å². The minimum Gasteiger partial charge on any atom is -0.451 e. The molecule has 0 aliphatic carbocycles. The zero-order chi connectivity index (χ0) is 18.0. The summed E-state index contributed by atoms with van der Waals surface area (Å²) < 4.78 is 5.24. The number of hydrogen-bond acceptors (Lipinski definition) is 5. The van der Waals surface area contributed by atoms with Crippen molar-refractivity contribution in [3.05, 3.63) is 59.4 Å². The lowest BCUT2D eigenvalue weighted by Crippen LogP contribution is -2.26. The van der Waals surface area contributed by atoms with Gasteiger partial charge in [0.2, 0.25) is 11.7 Å². The smallest absolute Gasteiger partial charge is 0.340 e. The highest BCUT2D eigenvalue weighted by molar-refractivity contribution is 6.02. The number of hydrogen-bond donors (Lipinski definition) is 0. The van der Waals surface area contributed by atoms with Crippen molar-refractivity contribution in [3.8, 4) is 0 Å². The van der Waals surface area contributed by atoms with Crippen molar-refractivity contribution in [3.63, 3.8) is 0 Å². The van der Waals surface area contributed by atoms with Crippen molar-refractivity contribution in [2.24, 2.45) is 0 Å². The van der Waals surface area contributed by atoms with Crippen LogP contribution in [0.2, 0.25) is 0 Å². The van der Waals surface area contributed by atoms with Gasteiger partial charge in [-0.05, 0) is 49.2 Å². The molecular formula is C19H18N2O4. The van der Waals surface area contributed by atoms with E-state index in [9.17, 15) is 14.4 Å². The molecule has 6 nitrogen and oxygen atoms in total. The van der Waals surface area contributed by atoms with Crippen LogP contribution in [0.15, 0.2) is 42.7 Å². The predicted octanol–water partition coefficient (Wildman–Crippen LogP) is 2.42. The topological polar surface area (TPSA) is 76.6 Å². The molecule has 0 radical (unpaired) electrons. The van der Waals surface area contributed by atoms with Crippen molar-refractivity contribution in [2.75, 3.05) is 11.4 Å². The molecule has 0 saturated carbocycles. The van der Waals surface area contributed by atoms with Crippen LogP contribution in [-0.4, -0.2) is 35.3 Å². The SMILES string of the molecule is CC(=O)N1CCc2cc(C(=O)C(C)OC(=O)c3cccnc3)ccc21. The Hall–Kier alpha value is -3.02. The number of aromatic nitrogens is 1. The maximum absolute atomic E-state index is 12.6. The molecule has 0 fully saturated rings. The Bertz CT molecular complexity index is 833. The lowest BCUT2D eigenvalue weighted by molar-refractivity contribution is -0.116. The summed E-state index contributed by atoms with van der Waals surface area (Å²) in [6.07, 6.45) is 2.75. The molecule has 3 rings (SSSR count). The molecule has 1 atom stereocenters. The molecule has 0 bridgehead atoms. The molecule has 0 N–H and O–H groups in total. The van der Waals surface area contributed by atoms with Gasteiger partial charge in [0.15, 0.2) is 6.10 Å². The average molecular weight is 338 g/mol. The highest BCUT2D eigenvalue weighted by Crippen LogP contribution is 2.29. The summed E-state index contributed by atoms with van der Waals surface area (Å²) in [5.74, 6) is -0.879. The molecule has 1 aromatic heterocycles. The van der Waals surface area contributed by atoms with Crippen LogP contribution >= 0.6 is 0 Å². The molecule has 2 heterocycles. The largest absolute Gasteiger partial charge is 0.451 e. The van der Waals surface area contributed by atoms with Crippen molar-refractivity contribution in [1.82, 2.24) is 4.98 Å².